The predicted molar refractivity (Wildman–Crippen MR) is 114 cm³/mol. The van der Waals surface area contributed by atoms with Crippen LogP contribution >= 0.6 is 11.6 Å². The van der Waals surface area contributed by atoms with Crippen molar-refractivity contribution in [3.05, 3.63) is 77.3 Å². The second kappa shape index (κ2) is 8.60. The third kappa shape index (κ3) is 4.17. The maximum atomic E-state index is 13.2. The van der Waals surface area contributed by atoms with Crippen molar-refractivity contribution < 1.29 is 4.79 Å². The Morgan fingerprint density at radius 1 is 1.13 bits per heavy atom. The molecule has 6 nitrogen and oxygen atoms in total. The third-order valence-corrected chi connectivity index (χ3v) is 5.77. The van der Waals surface area contributed by atoms with Crippen molar-refractivity contribution in [1.82, 2.24) is 19.9 Å². The van der Waals surface area contributed by atoms with Gasteiger partial charge in [-0.1, -0.05) is 23.7 Å². The molecule has 4 rings (SSSR count). The molecule has 2 aromatic heterocycles. The van der Waals surface area contributed by atoms with Gasteiger partial charge in [-0.3, -0.25) is 9.78 Å². The SMILES string of the molecule is N#CC1(Cc2cccc(Cl)c2)CCN(C(=O)c2cccnc2-c2ccncn2)CC1. The zero-order valence-corrected chi connectivity index (χ0v) is 17.1. The van der Waals surface area contributed by atoms with Crippen molar-refractivity contribution in [2.45, 2.75) is 19.3 Å². The Labute approximate surface area is 180 Å². The van der Waals surface area contributed by atoms with E-state index in [2.05, 4.69) is 21.0 Å². The average Bonchev–Trinajstić information content (AvgIpc) is 2.80. The molecule has 3 heterocycles. The van der Waals surface area contributed by atoms with Crippen LogP contribution in [0.1, 0.15) is 28.8 Å². The van der Waals surface area contributed by atoms with Crippen molar-refractivity contribution in [3.63, 3.8) is 0 Å². The fourth-order valence-electron chi connectivity index (χ4n) is 3.89. The summed E-state index contributed by atoms with van der Waals surface area (Å²) >= 11 is 6.10. The minimum Gasteiger partial charge on any atom is -0.338 e. The molecule has 0 atom stereocenters. The third-order valence-electron chi connectivity index (χ3n) is 5.54. The Morgan fingerprint density at radius 2 is 1.97 bits per heavy atom. The molecular formula is C23H20ClN5O. The van der Waals surface area contributed by atoms with Crippen LogP contribution in [0.5, 0.6) is 0 Å². The van der Waals surface area contributed by atoms with Gasteiger partial charge in [-0.2, -0.15) is 5.26 Å². The van der Waals surface area contributed by atoms with Crippen molar-refractivity contribution in [3.8, 4) is 17.5 Å². The number of amides is 1. The minimum absolute atomic E-state index is 0.0917. The smallest absolute Gasteiger partial charge is 0.256 e. The van der Waals surface area contributed by atoms with Gasteiger partial charge in [-0.25, -0.2) is 9.97 Å². The van der Waals surface area contributed by atoms with E-state index >= 15 is 0 Å². The number of benzene rings is 1. The number of halogens is 1. The number of aromatic nitrogens is 3. The Morgan fingerprint density at radius 3 is 2.67 bits per heavy atom. The lowest BCUT2D eigenvalue weighted by molar-refractivity contribution is 0.0647. The first-order chi connectivity index (χ1) is 14.6. The molecular weight excluding hydrogens is 398 g/mol. The molecule has 0 bridgehead atoms. The first-order valence-corrected chi connectivity index (χ1v) is 10.1. The number of rotatable bonds is 4. The summed E-state index contributed by atoms with van der Waals surface area (Å²) < 4.78 is 0. The van der Waals surface area contributed by atoms with Gasteiger partial charge in [0.15, 0.2) is 0 Å². The molecule has 150 valence electrons. The van der Waals surface area contributed by atoms with E-state index in [4.69, 9.17) is 11.6 Å². The number of likely N-dealkylation sites (tertiary alicyclic amines) is 1. The lowest BCUT2D eigenvalue weighted by atomic mass is 9.75. The normalized spacial score (nSPS) is 15.4. The van der Waals surface area contributed by atoms with Gasteiger partial charge < -0.3 is 4.90 Å². The van der Waals surface area contributed by atoms with Gasteiger partial charge in [-0.15, -0.1) is 0 Å². The number of carbonyl (C=O) groups excluding carboxylic acids is 1. The quantitative estimate of drug-likeness (QED) is 0.635. The summed E-state index contributed by atoms with van der Waals surface area (Å²) in [7, 11) is 0. The second-order valence-corrected chi connectivity index (χ2v) is 7.92. The first-order valence-electron chi connectivity index (χ1n) is 9.77. The standard InChI is InChI=1S/C23H20ClN5O/c24-18-4-1-3-17(13-18)14-23(15-25)7-11-29(12-8-23)22(30)19-5-2-9-27-21(19)20-6-10-26-16-28-20/h1-6,9-10,13,16H,7-8,11-12,14H2. The van der Waals surface area contributed by atoms with Gasteiger partial charge >= 0.3 is 0 Å². The van der Waals surface area contributed by atoms with Gasteiger partial charge in [0.05, 0.1) is 22.7 Å². The van der Waals surface area contributed by atoms with Crippen LogP contribution in [0, 0.1) is 16.7 Å². The molecule has 1 fully saturated rings. The summed E-state index contributed by atoms with van der Waals surface area (Å²) in [5.74, 6) is -0.0917. The van der Waals surface area contributed by atoms with Crippen LogP contribution in [-0.4, -0.2) is 38.8 Å². The molecule has 3 aromatic rings. The fourth-order valence-corrected chi connectivity index (χ4v) is 4.10. The van der Waals surface area contributed by atoms with Crippen molar-refractivity contribution >= 4 is 17.5 Å². The Hall–Kier alpha value is -3.30. The minimum atomic E-state index is -0.494. The van der Waals surface area contributed by atoms with Crippen LogP contribution in [-0.2, 0) is 6.42 Å². The number of pyridine rings is 1. The number of hydrogen-bond acceptors (Lipinski definition) is 5. The molecule has 0 N–H and O–H groups in total. The van der Waals surface area contributed by atoms with Gasteiger partial charge in [-0.05, 0) is 55.2 Å². The number of piperidine rings is 1. The molecule has 1 aliphatic rings. The van der Waals surface area contributed by atoms with Crippen LogP contribution in [0.3, 0.4) is 0 Å². The van der Waals surface area contributed by atoms with Crippen LogP contribution in [0.4, 0.5) is 0 Å². The summed E-state index contributed by atoms with van der Waals surface area (Å²) in [4.78, 5) is 27.6. The molecule has 30 heavy (non-hydrogen) atoms. The van der Waals surface area contributed by atoms with E-state index in [1.165, 1.54) is 6.33 Å². The highest BCUT2D eigenvalue weighted by Gasteiger charge is 2.37. The van der Waals surface area contributed by atoms with Crippen LogP contribution in [0.15, 0.2) is 61.2 Å². The van der Waals surface area contributed by atoms with Gasteiger partial charge in [0.25, 0.3) is 5.91 Å². The van der Waals surface area contributed by atoms with Crippen LogP contribution in [0.25, 0.3) is 11.4 Å². The summed E-state index contributed by atoms with van der Waals surface area (Å²) in [6.45, 7) is 1.04. The average molecular weight is 418 g/mol. The Balaban J connectivity index is 1.51. The van der Waals surface area contributed by atoms with Crippen LogP contribution < -0.4 is 0 Å². The summed E-state index contributed by atoms with van der Waals surface area (Å²) in [6, 6.07) is 15.4. The summed E-state index contributed by atoms with van der Waals surface area (Å²) in [5, 5.41) is 10.6. The van der Waals surface area contributed by atoms with E-state index in [0.29, 0.717) is 54.3 Å². The zero-order chi connectivity index (χ0) is 21.0. The van der Waals surface area contributed by atoms with Gasteiger partial charge in [0.1, 0.15) is 12.0 Å². The molecule has 0 unspecified atom stereocenters. The highest BCUT2D eigenvalue weighted by Crippen LogP contribution is 2.36. The molecule has 1 amide bonds. The largest absolute Gasteiger partial charge is 0.338 e. The first kappa shape index (κ1) is 20.0. The lowest BCUT2D eigenvalue weighted by Gasteiger charge is -2.37. The van der Waals surface area contributed by atoms with Gasteiger partial charge in [0, 0.05) is 30.5 Å². The molecule has 7 heteroatoms. The predicted octanol–water partition coefficient (Wildman–Crippen LogP) is 4.18. The van der Waals surface area contributed by atoms with E-state index in [9.17, 15) is 10.1 Å². The number of hydrogen-bond donors (Lipinski definition) is 0. The number of carbonyl (C=O) groups is 1. The summed E-state index contributed by atoms with van der Waals surface area (Å²) in [6.07, 6.45) is 6.58. The Kier molecular flexibility index (Phi) is 5.73. The zero-order valence-electron chi connectivity index (χ0n) is 16.3. The van der Waals surface area contributed by atoms with E-state index in [1.807, 2.05) is 24.3 Å². The molecule has 0 aliphatic carbocycles. The van der Waals surface area contributed by atoms with Crippen LogP contribution in [0.2, 0.25) is 5.02 Å². The molecule has 1 aliphatic heterocycles. The molecule has 0 radical (unpaired) electrons. The monoisotopic (exact) mass is 417 g/mol. The molecule has 0 saturated carbocycles. The second-order valence-electron chi connectivity index (χ2n) is 7.49. The maximum Gasteiger partial charge on any atom is 0.256 e. The van der Waals surface area contributed by atoms with Crippen molar-refractivity contribution in [2.75, 3.05) is 13.1 Å². The van der Waals surface area contributed by atoms with E-state index in [1.54, 1.807) is 35.5 Å². The number of nitrogens with zero attached hydrogens (tertiary/aromatic N) is 5. The highest BCUT2D eigenvalue weighted by atomic mass is 35.5. The highest BCUT2D eigenvalue weighted by molar-refractivity contribution is 6.30. The number of nitriles is 1. The molecule has 0 spiro atoms. The molecule has 1 aromatic carbocycles. The van der Waals surface area contributed by atoms with E-state index in [-0.39, 0.29) is 5.91 Å². The lowest BCUT2D eigenvalue weighted by Crippen LogP contribution is -2.43. The van der Waals surface area contributed by atoms with Crippen molar-refractivity contribution in [2.24, 2.45) is 5.41 Å². The van der Waals surface area contributed by atoms with Gasteiger partial charge in [0.2, 0.25) is 0 Å². The van der Waals surface area contributed by atoms with E-state index < -0.39 is 5.41 Å². The van der Waals surface area contributed by atoms with E-state index in [0.717, 1.165) is 5.56 Å². The fraction of sp³-hybridized carbons (Fsp3) is 0.261. The summed E-state index contributed by atoms with van der Waals surface area (Å²) in [5.41, 5.74) is 2.21. The Bertz CT molecular complexity index is 1090. The topological polar surface area (TPSA) is 82.8 Å². The molecule has 1 saturated heterocycles. The maximum absolute atomic E-state index is 13.2. The van der Waals surface area contributed by atoms with Crippen molar-refractivity contribution in [1.29, 1.82) is 5.26 Å².